The van der Waals surface area contributed by atoms with Gasteiger partial charge in [0.1, 0.15) is 23.0 Å². The van der Waals surface area contributed by atoms with Crippen molar-refractivity contribution in [3.8, 4) is 23.0 Å². The third-order valence-electron chi connectivity index (χ3n) is 8.60. The van der Waals surface area contributed by atoms with Gasteiger partial charge in [0.2, 0.25) is 0 Å². The van der Waals surface area contributed by atoms with Crippen molar-refractivity contribution < 1.29 is 33.8 Å². The summed E-state index contributed by atoms with van der Waals surface area (Å²) >= 11 is 0. The molecular weight excluding hydrogens is 632 g/mol. The number of anilines is 2. The second kappa shape index (κ2) is 12.3. The lowest BCUT2D eigenvalue weighted by Crippen LogP contribution is -2.29. The maximum absolute atomic E-state index is 13.7. The second-order valence-corrected chi connectivity index (χ2v) is 11.7. The molecule has 3 amide bonds. The Labute approximate surface area is 286 Å². The van der Waals surface area contributed by atoms with Crippen LogP contribution in [0.1, 0.15) is 58.8 Å². The van der Waals surface area contributed by atoms with Crippen molar-refractivity contribution in [3.63, 3.8) is 0 Å². The number of rotatable bonds is 8. The van der Waals surface area contributed by atoms with E-state index in [-0.39, 0.29) is 27.8 Å². The van der Waals surface area contributed by atoms with Crippen molar-refractivity contribution in [2.75, 3.05) is 9.80 Å². The summed E-state index contributed by atoms with van der Waals surface area (Å²) in [6.45, 7) is 0. The Morgan fingerprint density at radius 2 is 0.980 bits per heavy atom. The van der Waals surface area contributed by atoms with Crippen LogP contribution in [0.3, 0.4) is 0 Å². The molecule has 6 aromatic rings. The summed E-state index contributed by atoms with van der Waals surface area (Å²) in [5.41, 5.74) is 2.02. The van der Waals surface area contributed by atoms with Gasteiger partial charge in [0, 0.05) is 27.9 Å². The van der Waals surface area contributed by atoms with Gasteiger partial charge in [-0.25, -0.2) is 4.90 Å². The smallest absolute Gasteiger partial charge is 0.266 e. The lowest BCUT2D eigenvalue weighted by molar-refractivity contribution is 0.0917. The summed E-state index contributed by atoms with van der Waals surface area (Å²) < 4.78 is 11.7. The van der Waals surface area contributed by atoms with Crippen molar-refractivity contribution in [2.45, 2.75) is 6.23 Å². The molecule has 0 fully saturated rings. The summed E-state index contributed by atoms with van der Waals surface area (Å²) in [6.07, 6.45) is -1.25. The average Bonchev–Trinajstić information content (AvgIpc) is 3.55. The van der Waals surface area contributed by atoms with Crippen LogP contribution in [0.15, 0.2) is 146 Å². The number of aliphatic hydroxyl groups is 1. The number of hydrogen-bond acceptors (Lipinski definition) is 7. The number of hydrogen-bond donors (Lipinski definition) is 1. The number of benzene rings is 6. The molecule has 0 radical (unpaired) electrons. The monoisotopic (exact) mass is 658 g/mol. The number of ketones is 1. The molecule has 9 heteroatoms. The first-order valence-electron chi connectivity index (χ1n) is 15.7. The van der Waals surface area contributed by atoms with E-state index in [0.717, 1.165) is 4.90 Å². The minimum atomic E-state index is -1.25. The van der Waals surface area contributed by atoms with Crippen LogP contribution in [0.25, 0.3) is 0 Å². The number of para-hydroxylation sites is 2. The number of nitrogens with zero attached hydrogens (tertiary/aromatic N) is 2. The van der Waals surface area contributed by atoms with E-state index in [9.17, 15) is 24.3 Å². The van der Waals surface area contributed by atoms with Gasteiger partial charge in [0.15, 0.2) is 12.0 Å². The van der Waals surface area contributed by atoms with Crippen molar-refractivity contribution in [1.29, 1.82) is 0 Å². The van der Waals surface area contributed by atoms with Crippen LogP contribution in [0.5, 0.6) is 23.0 Å². The van der Waals surface area contributed by atoms with Gasteiger partial charge < -0.3 is 14.6 Å². The van der Waals surface area contributed by atoms with Crippen LogP contribution in [-0.4, -0.2) is 28.6 Å². The van der Waals surface area contributed by atoms with Gasteiger partial charge in [-0.3, -0.25) is 24.1 Å². The highest BCUT2D eigenvalue weighted by molar-refractivity contribution is 6.35. The largest absolute Gasteiger partial charge is 0.457 e. The molecule has 0 saturated carbocycles. The molecule has 1 unspecified atom stereocenters. The lowest BCUT2D eigenvalue weighted by atomic mass is 9.96. The number of ether oxygens (including phenoxy) is 2. The minimum absolute atomic E-state index is 0.101. The summed E-state index contributed by atoms with van der Waals surface area (Å²) in [4.78, 5) is 56.3. The highest BCUT2D eigenvalue weighted by Crippen LogP contribution is 2.38. The predicted molar refractivity (Wildman–Crippen MR) is 185 cm³/mol. The molecule has 9 nitrogen and oxygen atoms in total. The topological polar surface area (TPSA) is 113 Å². The lowest BCUT2D eigenvalue weighted by Gasteiger charge is -2.21. The van der Waals surface area contributed by atoms with Gasteiger partial charge in [-0.2, -0.15) is 0 Å². The summed E-state index contributed by atoms with van der Waals surface area (Å²) in [5, 5.41) is 11.1. The van der Waals surface area contributed by atoms with Crippen LogP contribution in [0.4, 0.5) is 11.4 Å². The Morgan fingerprint density at radius 3 is 1.56 bits per heavy atom. The summed E-state index contributed by atoms with van der Waals surface area (Å²) in [7, 11) is 0. The molecule has 242 valence electrons. The highest BCUT2D eigenvalue weighted by Gasteiger charge is 2.39. The minimum Gasteiger partial charge on any atom is -0.457 e. The number of carbonyl (C=O) groups excluding carboxylic acids is 4. The van der Waals surface area contributed by atoms with Crippen LogP contribution in [-0.2, 0) is 0 Å². The van der Waals surface area contributed by atoms with Crippen LogP contribution in [0, 0.1) is 0 Å². The molecule has 1 N–H and O–H groups in total. The number of imide groups is 1. The second-order valence-electron chi connectivity index (χ2n) is 11.7. The van der Waals surface area contributed by atoms with Crippen molar-refractivity contribution >= 4 is 34.9 Å². The summed E-state index contributed by atoms with van der Waals surface area (Å²) in [5.74, 6) is 0.453. The third-order valence-corrected chi connectivity index (χ3v) is 8.60. The SMILES string of the molecule is O=C(c1ccc2c(c1)C(=O)N(c1ccc(Oc3ccccc3)cc1)C2=O)c1ccc2c(c1)C(=O)N(c1ccc(Oc3ccccc3)cc1)C2O. The quantitative estimate of drug-likeness (QED) is 0.130. The fraction of sp³-hybridized carbons (Fsp3) is 0.0244. The number of fused-ring (bicyclic) bond motifs is 2. The Morgan fingerprint density at radius 1 is 0.500 bits per heavy atom. The Balaban J connectivity index is 0.996. The fourth-order valence-corrected chi connectivity index (χ4v) is 6.12. The zero-order valence-corrected chi connectivity index (χ0v) is 26.2. The summed E-state index contributed by atoms with van der Waals surface area (Å²) in [6, 6.07) is 40.7. The molecule has 0 spiro atoms. The van der Waals surface area contributed by atoms with Gasteiger partial charge in [0.05, 0.1) is 16.8 Å². The molecular formula is C41H26N2O7. The fourth-order valence-electron chi connectivity index (χ4n) is 6.12. The van der Waals surface area contributed by atoms with E-state index < -0.39 is 29.7 Å². The first-order valence-corrected chi connectivity index (χ1v) is 15.7. The third kappa shape index (κ3) is 5.37. The molecule has 8 rings (SSSR count). The number of aliphatic hydroxyl groups excluding tert-OH is 1. The van der Waals surface area contributed by atoms with E-state index >= 15 is 0 Å². The van der Waals surface area contributed by atoms with Gasteiger partial charge in [-0.15, -0.1) is 0 Å². The van der Waals surface area contributed by atoms with Gasteiger partial charge in [-0.1, -0.05) is 54.6 Å². The standard InChI is InChI=1S/C41H26N2O7/c44-37(25-11-21-33-35(23-25)40(47)42(38(33)45)27-13-17-31(18-14-27)49-29-7-3-1-4-8-29)26-12-22-34-36(24-26)41(48)43(39(34)46)28-15-19-32(20-16-28)50-30-9-5-2-6-10-30/h1-24,38,45H. The molecule has 1 atom stereocenters. The van der Waals surface area contributed by atoms with E-state index in [2.05, 4.69) is 0 Å². The molecule has 2 aliphatic heterocycles. The molecule has 0 aliphatic carbocycles. The number of carbonyl (C=O) groups is 4. The van der Waals surface area contributed by atoms with Crippen molar-refractivity contribution in [3.05, 3.63) is 179 Å². The van der Waals surface area contributed by atoms with Crippen LogP contribution >= 0.6 is 0 Å². The molecule has 6 aromatic carbocycles. The van der Waals surface area contributed by atoms with E-state index in [0.29, 0.717) is 39.9 Å². The average molecular weight is 659 g/mol. The van der Waals surface area contributed by atoms with E-state index in [1.165, 1.54) is 35.2 Å². The normalized spacial score (nSPS) is 14.8. The van der Waals surface area contributed by atoms with Crippen LogP contribution in [0.2, 0.25) is 0 Å². The predicted octanol–water partition coefficient (Wildman–Crippen LogP) is 7.95. The van der Waals surface area contributed by atoms with E-state index in [1.807, 2.05) is 60.7 Å². The Kier molecular flexibility index (Phi) is 7.51. The van der Waals surface area contributed by atoms with Crippen LogP contribution < -0.4 is 19.3 Å². The Bertz CT molecular complexity index is 2300. The maximum Gasteiger partial charge on any atom is 0.266 e. The first-order chi connectivity index (χ1) is 24.4. The Hall–Kier alpha value is -6.84. The van der Waals surface area contributed by atoms with E-state index in [4.69, 9.17) is 9.47 Å². The maximum atomic E-state index is 13.7. The molecule has 0 aromatic heterocycles. The highest BCUT2D eigenvalue weighted by atomic mass is 16.5. The van der Waals surface area contributed by atoms with Gasteiger partial charge in [-0.05, 0) is 91.0 Å². The molecule has 50 heavy (non-hydrogen) atoms. The molecule has 2 heterocycles. The van der Waals surface area contributed by atoms with Gasteiger partial charge in [0.25, 0.3) is 17.7 Å². The zero-order chi connectivity index (χ0) is 34.4. The van der Waals surface area contributed by atoms with Crippen molar-refractivity contribution in [1.82, 2.24) is 0 Å². The molecule has 2 aliphatic rings. The number of amides is 3. The van der Waals surface area contributed by atoms with E-state index in [1.54, 1.807) is 54.6 Å². The van der Waals surface area contributed by atoms with Gasteiger partial charge >= 0.3 is 0 Å². The molecule has 0 bridgehead atoms. The van der Waals surface area contributed by atoms with Crippen molar-refractivity contribution in [2.24, 2.45) is 0 Å². The zero-order valence-electron chi connectivity index (χ0n) is 26.2. The molecule has 0 saturated heterocycles. The first kappa shape index (κ1) is 30.5.